The van der Waals surface area contributed by atoms with Crippen LogP contribution in [-0.2, 0) is 26.2 Å². The molecule has 0 heterocycles. The number of hydrogen-bond acceptors (Lipinski definition) is 5. The lowest BCUT2D eigenvalue weighted by Gasteiger charge is -2.33. The third-order valence-corrected chi connectivity index (χ3v) is 8.83. The predicted octanol–water partition coefficient (Wildman–Crippen LogP) is 5.45. The minimum absolute atomic E-state index is 0.0104. The normalized spacial score (nSPS) is 11.9. The number of likely N-dealkylation sites (N-methyl/N-ethyl adjacent to an activating group) is 1. The molecule has 0 aliphatic heterocycles. The van der Waals surface area contributed by atoms with E-state index in [-0.39, 0.29) is 30.2 Å². The van der Waals surface area contributed by atoms with Crippen LogP contribution in [0.2, 0.25) is 10.0 Å². The SMILES string of the molecule is CCOc1ccccc1N(CC(=O)N(Cc1c(Cl)cccc1Cl)C(CC)C(=O)NC)S(=O)(=O)c1ccc(C)cc1. The monoisotopic (exact) mass is 605 g/mol. The van der Waals surface area contributed by atoms with Gasteiger partial charge in [-0.05, 0) is 56.7 Å². The quantitative estimate of drug-likeness (QED) is 0.296. The molecule has 11 heteroatoms. The highest BCUT2D eigenvalue weighted by atomic mass is 35.5. The maximum absolute atomic E-state index is 14.1. The molecule has 0 aromatic heterocycles. The average Bonchev–Trinajstić information content (AvgIpc) is 2.93. The van der Waals surface area contributed by atoms with Crippen molar-refractivity contribution >= 4 is 50.7 Å². The van der Waals surface area contributed by atoms with Crippen LogP contribution in [0.25, 0.3) is 0 Å². The number of hydrogen-bond donors (Lipinski definition) is 1. The Kier molecular flexibility index (Phi) is 10.8. The average molecular weight is 607 g/mol. The summed E-state index contributed by atoms with van der Waals surface area (Å²) < 4.78 is 34.8. The van der Waals surface area contributed by atoms with Crippen LogP contribution in [-0.4, -0.2) is 51.4 Å². The topological polar surface area (TPSA) is 96.0 Å². The summed E-state index contributed by atoms with van der Waals surface area (Å²) in [5, 5.41) is 3.23. The summed E-state index contributed by atoms with van der Waals surface area (Å²) >= 11 is 12.8. The molecule has 1 atom stereocenters. The van der Waals surface area contributed by atoms with E-state index in [2.05, 4.69) is 5.32 Å². The van der Waals surface area contributed by atoms with Crippen molar-refractivity contribution in [1.82, 2.24) is 10.2 Å². The van der Waals surface area contributed by atoms with Crippen molar-refractivity contribution in [3.63, 3.8) is 0 Å². The Balaban J connectivity index is 2.15. The highest BCUT2D eigenvalue weighted by Crippen LogP contribution is 2.33. The van der Waals surface area contributed by atoms with Gasteiger partial charge in [0.1, 0.15) is 18.3 Å². The lowest BCUT2D eigenvalue weighted by molar-refractivity contribution is -0.140. The van der Waals surface area contributed by atoms with Gasteiger partial charge in [0.25, 0.3) is 10.0 Å². The van der Waals surface area contributed by atoms with Crippen LogP contribution in [0.5, 0.6) is 5.75 Å². The van der Waals surface area contributed by atoms with Crippen molar-refractivity contribution in [3.8, 4) is 5.75 Å². The molecule has 3 aromatic carbocycles. The fourth-order valence-electron chi connectivity index (χ4n) is 4.23. The number of carbonyl (C=O) groups excluding carboxylic acids is 2. The van der Waals surface area contributed by atoms with Gasteiger partial charge in [0, 0.05) is 29.2 Å². The third-order valence-electron chi connectivity index (χ3n) is 6.34. The van der Waals surface area contributed by atoms with Gasteiger partial charge in [-0.1, -0.05) is 66.0 Å². The summed E-state index contributed by atoms with van der Waals surface area (Å²) in [7, 11) is -2.76. The molecule has 0 spiro atoms. The molecule has 2 amide bonds. The number of carbonyl (C=O) groups is 2. The Morgan fingerprint density at radius 2 is 1.57 bits per heavy atom. The summed E-state index contributed by atoms with van der Waals surface area (Å²) in [6.07, 6.45) is 0.272. The van der Waals surface area contributed by atoms with Crippen molar-refractivity contribution in [2.45, 2.75) is 44.7 Å². The smallest absolute Gasteiger partial charge is 0.264 e. The van der Waals surface area contributed by atoms with E-state index in [1.165, 1.54) is 24.1 Å². The van der Waals surface area contributed by atoms with Crippen molar-refractivity contribution < 1.29 is 22.7 Å². The lowest BCUT2D eigenvalue weighted by atomic mass is 10.1. The molecular formula is C29H33Cl2N3O5S. The highest BCUT2D eigenvalue weighted by molar-refractivity contribution is 7.92. The maximum atomic E-state index is 14.1. The first-order valence-corrected chi connectivity index (χ1v) is 15.0. The Morgan fingerprint density at radius 1 is 0.950 bits per heavy atom. The fourth-order valence-corrected chi connectivity index (χ4v) is 6.17. The molecule has 0 aliphatic rings. The Labute approximate surface area is 245 Å². The van der Waals surface area contributed by atoms with E-state index in [1.54, 1.807) is 68.4 Å². The van der Waals surface area contributed by atoms with Crippen molar-refractivity contribution in [1.29, 1.82) is 0 Å². The van der Waals surface area contributed by atoms with Crippen LogP contribution in [0.15, 0.2) is 71.6 Å². The van der Waals surface area contributed by atoms with Crippen molar-refractivity contribution in [2.24, 2.45) is 0 Å². The fraction of sp³-hybridized carbons (Fsp3) is 0.310. The number of ether oxygens (including phenoxy) is 1. The molecule has 0 bridgehead atoms. The molecule has 40 heavy (non-hydrogen) atoms. The van der Waals surface area contributed by atoms with E-state index < -0.39 is 34.4 Å². The summed E-state index contributed by atoms with van der Waals surface area (Å²) in [5.74, 6) is -0.720. The number of amides is 2. The van der Waals surface area contributed by atoms with Gasteiger partial charge < -0.3 is 15.0 Å². The van der Waals surface area contributed by atoms with Gasteiger partial charge in [-0.25, -0.2) is 8.42 Å². The van der Waals surface area contributed by atoms with E-state index >= 15 is 0 Å². The maximum Gasteiger partial charge on any atom is 0.264 e. The van der Waals surface area contributed by atoms with Gasteiger partial charge in [-0.3, -0.25) is 13.9 Å². The molecule has 0 saturated carbocycles. The van der Waals surface area contributed by atoms with Crippen molar-refractivity contribution in [2.75, 3.05) is 24.5 Å². The van der Waals surface area contributed by atoms with E-state index in [1.807, 2.05) is 6.92 Å². The molecule has 0 radical (unpaired) electrons. The number of benzene rings is 3. The number of nitrogens with zero attached hydrogens (tertiary/aromatic N) is 2. The Morgan fingerprint density at radius 3 is 2.15 bits per heavy atom. The van der Waals surface area contributed by atoms with Crippen LogP contribution in [0, 0.1) is 6.92 Å². The zero-order valence-electron chi connectivity index (χ0n) is 22.9. The van der Waals surface area contributed by atoms with E-state index in [0.717, 1.165) is 9.87 Å². The molecule has 3 rings (SSSR count). The number of rotatable bonds is 12. The highest BCUT2D eigenvalue weighted by Gasteiger charge is 2.35. The molecule has 8 nitrogen and oxygen atoms in total. The predicted molar refractivity (Wildman–Crippen MR) is 158 cm³/mol. The second kappa shape index (κ2) is 13.9. The summed E-state index contributed by atoms with van der Waals surface area (Å²) in [6.45, 7) is 4.98. The van der Waals surface area contributed by atoms with Gasteiger partial charge in [-0.15, -0.1) is 0 Å². The molecule has 0 aliphatic carbocycles. The zero-order chi connectivity index (χ0) is 29.4. The second-order valence-electron chi connectivity index (χ2n) is 8.99. The second-order valence-corrected chi connectivity index (χ2v) is 11.7. The van der Waals surface area contributed by atoms with Gasteiger partial charge in [0.15, 0.2) is 0 Å². The minimum atomic E-state index is -4.23. The molecule has 0 fully saturated rings. The number of sulfonamides is 1. The Hall–Kier alpha value is -3.27. The van der Waals surface area contributed by atoms with Gasteiger partial charge in [-0.2, -0.15) is 0 Å². The summed E-state index contributed by atoms with van der Waals surface area (Å²) in [6, 6.07) is 17.0. The van der Waals surface area contributed by atoms with Crippen LogP contribution in [0.3, 0.4) is 0 Å². The van der Waals surface area contributed by atoms with E-state index in [0.29, 0.717) is 21.4 Å². The van der Waals surface area contributed by atoms with Gasteiger partial charge in [0.05, 0.1) is 17.2 Å². The van der Waals surface area contributed by atoms with Crippen molar-refractivity contribution in [3.05, 3.63) is 87.9 Å². The zero-order valence-corrected chi connectivity index (χ0v) is 25.2. The first-order chi connectivity index (χ1) is 19.0. The first kappa shape index (κ1) is 31.3. The van der Waals surface area contributed by atoms with Gasteiger partial charge in [0.2, 0.25) is 11.8 Å². The lowest BCUT2D eigenvalue weighted by Crippen LogP contribution is -2.51. The van der Waals surface area contributed by atoms with Crippen LogP contribution < -0.4 is 14.4 Å². The first-order valence-electron chi connectivity index (χ1n) is 12.8. The largest absolute Gasteiger partial charge is 0.492 e. The van der Waals surface area contributed by atoms with Crippen LogP contribution >= 0.6 is 23.2 Å². The molecule has 1 unspecified atom stereocenters. The summed E-state index contributed by atoms with van der Waals surface area (Å²) in [5.41, 5.74) is 1.53. The number of nitrogens with one attached hydrogen (secondary N) is 1. The molecule has 3 aromatic rings. The summed E-state index contributed by atoms with van der Waals surface area (Å²) in [4.78, 5) is 28.3. The van der Waals surface area contributed by atoms with E-state index in [9.17, 15) is 18.0 Å². The van der Waals surface area contributed by atoms with Crippen LogP contribution in [0.4, 0.5) is 5.69 Å². The molecule has 214 valence electrons. The third kappa shape index (κ3) is 7.08. The number of halogens is 2. The number of para-hydroxylation sites is 2. The minimum Gasteiger partial charge on any atom is -0.492 e. The molecule has 1 N–H and O–H groups in total. The molecule has 0 saturated heterocycles. The van der Waals surface area contributed by atoms with Gasteiger partial charge >= 0.3 is 0 Å². The number of anilines is 1. The number of aryl methyl sites for hydroxylation is 1. The standard InChI is InChI=1S/C29H33Cl2N3O5S/c1-5-25(29(36)32-4)33(18-22-23(30)10-9-11-24(22)31)28(35)19-34(26-12-7-8-13-27(26)39-6-2)40(37,38)21-16-14-20(3)15-17-21/h7-17,25H,5-6,18-19H2,1-4H3,(H,32,36). The molecular weight excluding hydrogens is 573 g/mol. The van der Waals surface area contributed by atoms with E-state index in [4.69, 9.17) is 27.9 Å². The Bertz CT molecular complexity index is 1430. The van der Waals surface area contributed by atoms with Crippen LogP contribution in [0.1, 0.15) is 31.4 Å².